The molecule has 0 bridgehead atoms. The Morgan fingerprint density at radius 2 is 1.95 bits per heavy atom. The number of carbonyl (C=O) groups excluding carboxylic acids is 1. The molecule has 0 fully saturated rings. The summed E-state index contributed by atoms with van der Waals surface area (Å²) in [6.07, 6.45) is 0. The Balaban J connectivity index is 1.83. The molecule has 0 saturated carbocycles. The summed E-state index contributed by atoms with van der Waals surface area (Å²) in [7, 11) is 1.96. The highest BCUT2D eigenvalue weighted by Gasteiger charge is 2.12. The zero-order valence-corrected chi connectivity index (χ0v) is 12.3. The molecule has 0 saturated heterocycles. The Morgan fingerprint density at radius 3 is 2.55 bits per heavy atom. The van der Waals surface area contributed by atoms with Gasteiger partial charge in [-0.15, -0.1) is 0 Å². The number of carbonyl (C=O) groups is 1. The van der Waals surface area contributed by atoms with Crippen LogP contribution < -0.4 is 10.2 Å². The first-order valence-corrected chi connectivity index (χ1v) is 6.83. The highest BCUT2D eigenvalue weighted by atomic mass is 35.5. The van der Waals surface area contributed by atoms with E-state index in [-0.39, 0.29) is 5.91 Å². The van der Waals surface area contributed by atoms with Crippen molar-refractivity contribution in [3.8, 4) is 0 Å². The number of rotatable bonds is 5. The van der Waals surface area contributed by atoms with Crippen LogP contribution >= 0.6 is 11.6 Å². The average molecular weight is 294 g/mol. The summed E-state index contributed by atoms with van der Waals surface area (Å²) >= 11 is 5.80. The van der Waals surface area contributed by atoms with E-state index in [1.807, 2.05) is 26.1 Å². The van der Waals surface area contributed by atoms with Crippen molar-refractivity contribution >= 4 is 23.2 Å². The number of furan rings is 1. The van der Waals surface area contributed by atoms with E-state index in [0.29, 0.717) is 18.1 Å². The minimum Gasteiger partial charge on any atom is -0.460 e. The largest absolute Gasteiger partial charge is 0.460 e. The van der Waals surface area contributed by atoms with Crippen LogP contribution in [0.25, 0.3) is 0 Å². The zero-order valence-electron chi connectivity index (χ0n) is 11.6. The van der Waals surface area contributed by atoms with E-state index in [9.17, 15) is 4.79 Å². The van der Waals surface area contributed by atoms with E-state index in [4.69, 9.17) is 16.0 Å². The standard InChI is InChI=1S/C15H17ClN2O2/c1-11-3-8-14(20-11)9-18(2)10-15(19)17-13-6-4-12(16)5-7-13/h3-8H,9-10H2,1-2H3,(H,17,19)/p+1. The number of hydrogen-bond donors (Lipinski definition) is 2. The second kappa shape index (κ2) is 6.59. The minimum absolute atomic E-state index is 0.0342. The van der Waals surface area contributed by atoms with E-state index in [1.165, 1.54) is 0 Å². The number of halogens is 1. The topological polar surface area (TPSA) is 46.7 Å². The molecule has 1 atom stereocenters. The summed E-state index contributed by atoms with van der Waals surface area (Å²) in [5, 5.41) is 3.49. The summed E-state index contributed by atoms with van der Waals surface area (Å²) in [6, 6.07) is 10.9. The quantitative estimate of drug-likeness (QED) is 0.884. The molecule has 5 heteroatoms. The molecule has 106 valence electrons. The predicted molar refractivity (Wildman–Crippen MR) is 79.0 cm³/mol. The maximum atomic E-state index is 11.9. The van der Waals surface area contributed by atoms with Crippen LogP contribution in [-0.2, 0) is 11.3 Å². The van der Waals surface area contributed by atoms with Crippen molar-refractivity contribution in [1.29, 1.82) is 0 Å². The van der Waals surface area contributed by atoms with Gasteiger partial charge in [0.1, 0.15) is 12.3 Å². The van der Waals surface area contributed by atoms with Gasteiger partial charge in [-0.2, -0.15) is 0 Å². The third-order valence-corrected chi connectivity index (χ3v) is 3.11. The summed E-state index contributed by atoms with van der Waals surface area (Å²) in [6.45, 7) is 2.97. The van der Waals surface area contributed by atoms with Gasteiger partial charge in [0.25, 0.3) is 5.91 Å². The van der Waals surface area contributed by atoms with E-state index < -0.39 is 0 Å². The van der Waals surface area contributed by atoms with E-state index in [2.05, 4.69) is 5.32 Å². The summed E-state index contributed by atoms with van der Waals surface area (Å²) in [5.74, 6) is 1.74. The highest BCUT2D eigenvalue weighted by Crippen LogP contribution is 2.12. The SMILES string of the molecule is Cc1ccc(C[NH+](C)CC(=O)Nc2ccc(Cl)cc2)o1. The van der Waals surface area contributed by atoms with Crippen LogP contribution in [0.5, 0.6) is 0 Å². The lowest BCUT2D eigenvalue weighted by Gasteiger charge is -2.12. The molecule has 2 rings (SSSR count). The first-order valence-electron chi connectivity index (χ1n) is 6.45. The fourth-order valence-corrected chi connectivity index (χ4v) is 2.08. The van der Waals surface area contributed by atoms with Crippen molar-refractivity contribution in [3.05, 3.63) is 52.9 Å². The molecule has 0 spiro atoms. The zero-order chi connectivity index (χ0) is 14.5. The number of likely N-dealkylation sites (N-methyl/N-ethyl adjacent to an activating group) is 1. The summed E-state index contributed by atoms with van der Waals surface area (Å²) < 4.78 is 5.50. The van der Waals surface area contributed by atoms with E-state index >= 15 is 0 Å². The molecule has 4 nitrogen and oxygen atoms in total. The van der Waals surface area contributed by atoms with Gasteiger partial charge in [0, 0.05) is 10.7 Å². The lowest BCUT2D eigenvalue weighted by molar-refractivity contribution is -0.886. The van der Waals surface area contributed by atoms with Gasteiger partial charge in [-0.05, 0) is 43.3 Å². The lowest BCUT2D eigenvalue weighted by atomic mass is 10.3. The molecule has 0 aliphatic carbocycles. The molecule has 1 aromatic heterocycles. The highest BCUT2D eigenvalue weighted by molar-refractivity contribution is 6.30. The van der Waals surface area contributed by atoms with Gasteiger partial charge in [-0.25, -0.2) is 0 Å². The van der Waals surface area contributed by atoms with Gasteiger partial charge < -0.3 is 14.6 Å². The minimum atomic E-state index is -0.0342. The van der Waals surface area contributed by atoms with Crippen LogP contribution in [0.2, 0.25) is 5.02 Å². The van der Waals surface area contributed by atoms with Gasteiger partial charge in [0.2, 0.25) is 0 Å². The molecular formula is C15H18ClN2O2+. The van der Waals surface area contributed by atoms with E-state index in [0.717, 1.165) is 22.1 Å². The van der Waals surface area contributed by atoms with Gasteiger partial charge in [0.05, 0.1) is 7.05 Å². The molecular weight excluding hydrogens is 276 g/mol. The second-order valence-corrected chi connectivity index (χ2v) is 5.31. The molecule has 2 N–H and O–H groups in total. The number of amides is 1. The van der Waals surface area contributed by atoms with Crippen molar-refractivity contribution in [3.63, 3.8) is 0 Å². The maximum absolute atomic E-state index is 11.9. The van der Waals surface area contributed by atoms with E-state index in [1.54, 1.807) is 24.3 Å². The van der Waals surface area contributed by atoms with Crippen molar-refractivity contribution in [2.75, 3.05) is 18.9 Å². The first kappa shape index (κ1) is 14.6. The van der Waals surface area contributed by atoms with Gasteiger partial charge in [-0.3, -0.25) is 4.79 Å². The molecule has 0 aliphatic rings. The molecule has 0 radical (unpaired) electrons. The Bertz CT molecular complexity index is 578. The molecule has 0 aliphatic heterocycles. The number of hydrogen-bond acceptors (Lipinski definition) is 2. The van der Waals surface area contributed by atoms with Crippen LogP contribution in [0.1, 0.15) is 11.5 Å². The van der Waals surface area contributed by atoms with Crippen LogP contribution in [-0.4, -0.2) is 19.5 Å². The van der Waals surface area contributed by atoms with Crippen molar-refractivity contribution in [1.82, 2.24) is 0 Å². The number of benzene rings is 1. The molecule has 20 heavy (non-hydrogen) atoms. The number of aryl methyl sites for hydroxylation is 1. The molecule has 1 amide bonds. The third-order valence-electron chi connectivity index (χ3n) is 2.86. The predicted octanol–water partition coefficient (Wildman–Crippen LogP) is 1.89. The first-order chi connectivity index (χ1) is 9.52. The van der Waals surface area contributed by atoms with Gasteiger partial charge in [-0.1, -0.05) is 11.6 Å². The van der Waals surface area contributed by atoms with Crippen LogP contribution in [0, 0.1) is 6.92 Å². The number of nitrogens with one attached hydrogen (secondary N) is 2. The smallest absolute Gasteiger partial charge is 0.279 e. The number of anilines is 1. The monoisotopic (exact) mass is 293 g/mol. The number of quaternary nitrogens is 1. The average Bonchev–Trinajstić information content (AvgIpc) is 2.77. The third kappa shape index (κ3) is 4.40. The van der Waals surface area contributed by atoms with Crippen LogP contribution in [0.4, 0.5) is 5.69 Å². The summed E-state index contributed by atoms with van der Waals surface area (Å²) in [4.78, 5) is 13.0. The Labute approximate surface area is 123 Å². The molecule has 2 aromatic rings. The summed E-state index contributed by atoms with van der Waals surface area (Å²) in [5.41, 5.74) is 0.751. The fraction of sp³-hybridized carbons (Fsp3) is 0.267. The van der Waals surface area contributed by atoms with Gasteiger partial charge >= 0.3 is 0 Å². The second-order valence-electron chi connectivity index (χ2n) is 4.88. The van der Waals surface area contributed by atoms with Gasteiger partial charge in [0.15, 0.2) is 12.3 Å². The Hall–Kier alpha value is -1.78. The fourth-order valence-electron chi connectivity index (χ4n) is 1.95. The Morgan fingerprint density at radius 1 is 1.25 bits per heavy atom. The molecule has 1 unspecified atom stereocenters. The van der Waals surface area contributed by atoms with Crippen molar-refractivity contribution < 1.29 is 14.1 Å². The lowest BCUT2D eigenvalue weighted by Crippen LogP contribution is -3.08. The van der Waals surface area contributed by atoms with Crippen LogP contribution in [0.15, 0.2) is 40.8 Å². The van der Waals surface area contributed by atoms with Crippen molar-refractivity contribution in [2.45, 2.75) is 13.5 Å². The van der Waals surface area contributed by atoms with Crippen molar-refractivity contribution in [2.24, 2.45) is 0 Å². The Kier molecular flexibility index (Phi) is 4.82. The maximum Gasteiger partial charge on any atom is 0.279 e. The normalized spacial score (nSPS) is 12.2. The molecule has 1 aromatic carbocycles. The van der Waals surface area contributed by atoms with Crippen LogP contribution in [0.3, 0.4) is 0 Å². The molecule has 1 heterocycles.